The highest BCUT2D eigenvalue weighted by atomic mass is 79.9. The fourth-order valence-electron chi connectivity index (χ4n) is 2.37. The molecule has 1 aliphatic rings. The number of hydrogen-bond donors (Lipinski definition) is 0. The number of fused-ring (bicyclic) bond motifs is 1. The van der Waals surface area contributed by atoms with Crippen molar-refractivity contribution in [2.24, 2.45) is 0 Å². The molecule has 2 aromatic carbocycles. The number of carbonyl (C=O) groups is 1. The molecule has 0 N–H and O–H groups in total. The molecule has 0 atom stereocenters. The molecule has 2 aromatic rings. The summed E-state index contributed by atoms with van der Waals surface area (Å²) in [4.78, 5) is 11.0. The predicted octanol–water partition coefficient (Wildman–Crippen LogP) is 3.91. The monoisotopic (exact) mass is 350 g/mol. The smallest absolute Gasteiger partial charge is 0.165 e. The fourth-order valence-corrected chi connectivity index (χ4v) is 2.93. The number of carbonyl (C=O) groups excluding carboxylic acids is 1. The van der Waals surface area contributed by atoms with Gasteiger partial charge in [0.2, 0.25) is 0 Å². The molecule has 0 aromatic heterocycles. The summed E-state index contributed by atoms with van der Waals surface area (Å²) in [6, 6.07) is 8.15. The molecular formula is C16H12BrFO3. The van der Waals surface area contributed by atoms with E-state index < -0.39 is 5.82 Å². The number of rotatable bonds is 4. The van der Waals surface area contributed by atoms with Gasteiger partial charge < -0.3 is 9.47 Å². The number of hydrogen-bond acceptors (Lipinski definition) is 3. The van der Waals surface area contributed by atoms with Crippen molar-refractivity contribution < 1.29 is 18.7 Å². The van der Waals surface area contributed by atoms with Gasteiger partial charge in [-0.1, -0.05) is 22.0 Å². The summed E-state index contributed by atoms with van der Waals surface area (Å²) in [5.41, 5.74) is 2.13. The van der Waals surface area contributed by atoms with Crippen LogP contribution in [0, 0.1) is 5.82 Å². The van der Waals surface area contributed by atoms with Crippen molar-refractivity contribution in [2.75, 3.05) is 6.61 Å². The molecule has 0 fully saturated rings. The molecule has 1 heterocycles. The average molecular weight is 351 g/mol. The molecule has 0 aliphatic carbocycles. The van der Waals surface area contributed by atoms with Gasteiger partial charge in [0.05, 0.1) is 12.2 Å². The van der Waals surface area contributed by atoms with Crippen molar-refractivity contribution in [1.29, 1.82) is 0 Å². The SMILES string of the molecule is O=Cc1cccc(F)c1OCc1cc(Br)cc2c1OCC2. The van der Waals surface area contributed by atoms with Crippen molar-refractivity contribution in [1.82, 2.24) is 0 Å². The fraction of sp³-hybridized carbons (Fsp3) is 0.188. The van der Waals surface area contributed by atoms with Gasteiger partial charge >= 0.3 is 0 Å². The Balaban J connectivity index is 1.88. The summed E-state index contributed by atoms with van der Waals surface area (Å²) >= 11 is 3.44. The van der Waals surface area contributed by atoms with Crippen LogP contribution in [0.15, 0.2) is 34.8 Å². The van der Waals surface area contributed by atoms with Crippen LogP contribution in [-0.4, -0.2) is 12.9 Å². The molecule has 0 saturated heterocycles. The van der Waals surface area contributed by atoms with Crippen molar-refractivity contribution >= 4 is 22.2 Å². The van der Waals surface area contributed by atoms with E-state index in [-0.39, 0.29) is 17.9 Å². The van der Waals surface area contributed by atoms with Crippen molar-refractivity contribution in [3.8, 4) is 11.5 Å². The maximum absolute atomic E-state index is 13.8. The average Bonchev–Trinajstić information content (AvgIpc) is 2.93. The second kappa shape index (κ2) is 5.85. The van der Waals surface area contributed by atoms with Crippen LogP contribution in [0.3, 0.4) is 0 Å². The van der Waals surface area contributed by atoms with Crippen LogP contribution in [0.4, 0.5) is 4.39 Å². The molecule has 0 radical (unpaired) electrons. The second-order valence-corrected chi connectivity index (χ2v) is 5.63. The van der Waals surface area contributed by atoms with Crippen LogP contribution < -0.4 is 9.47 Å². The van der Waals surface area contributed by atoms with E-state index in [9.17, 15) is 9.18 Å². The van der Waals surface area contributed by atoms with Crippen molar-refractivity contribution in [2.45, 2.75) is 13.0 Å². The Hall–Kier alpha value is -1.88. The second-order valence-electron chi connectivity index (χ2n) is 4.72. The standard InChI is InChI=1S/C16H12BrFO3/c17-13-6-10-4-5-20-15(10)12(7-13)9-21-16-11(8-19)2-1-3-14(16)18/h1-3,6-8H,4-5,9H2. The van der Waals surface area contributed by atoms with E-state index in [1.807, 2.05) is 12.1 Å². The third-order valence-electron chi connectivity index (χ3n) is 3.32. The maximum Gasteiger partial charge on any atom is 0.165 e. The number of halogens is 2. The molecular weight excluding hydrogens is 339 g/mol. The summed E-state index contributed by atoms with van der Waals surface area (Å²) in [5.74, 6) is 0.216. The van der Waals surface area contributed by atoms with E-state index in [2.05, 4.69) is 15.9 Å². The van der Waals surface area contributed by atoms with E-state index >= 15 is 0 Å². The summed E-state index contributed by atoms with van der Waals surface area (Å²) in [6.45, 7) is 0.779. The van der Waals surface area contributed by atoms with E-state index in [0.717, 1.165) is 27.8 Å². The largest absolute Gasteiger partial charge is 0.493 e. The van der Waals surface area contributed by atoms with Gasteiger partial charge in [-0.25, -0.2) is 4.39 Å². The quantitative estimate of drug-likeness (QED) is 0.784. The van der Waals surface area contributed by atoms with Crippen molar-refractivity contribution in [3.05, 3.63) is 57.3 Å². The molecule has 5 heteroatoms. The van der Waals surface area contributed by atoms with Gasteiger partial charge in [0.15, 0.2) is 17.9 Å². The zero-order chi connectivity index (χ0) is 14.8. The molecule has 108 valence electrons. The topological polar surface area (TPSA) is 35.5 Å². The van der Waals surface area contributed by atoms with E-state index in [4.69, 9.17) is 9.47 Å². The van der Waals surface area contributed by atoms with Gasteiger partial charge in [-0.2, -0.15) is 0 Å². The molecule has 0 unspecified atom stereocenters. The Labute approximate surface area is 129 Å². The number of aldehydes is 1. The minimum Gasteiger partial charge on any atom is -0.493 e. The number of para-hydroxylation sites is 1. The molecule has 1 aliphatic heterocycles. The summed E-state index contributed by atoms with van der Waals surface area (Å²) in [7, 11) is 0. The third kappa shape index (κ3) is 2.78. The van der Waals surface area contributed by atoms with Crippen LogP contribution in [0.1, 0.15) is 21.5 Å². The predicted molar refractivity (Wildman–Crippen MR) is 79.5 cm³/mol. The highest BCUT2D eigenvalue weighted by Gasteiger charge is 2.18. The van der Waals surface area contributed by atoms with E-state index in [0.29, 0.717) is 12.9 Å². The lowest BCUT2D eigenvalue weighted by Gasteiger charge is -2.12. The maximum atomic E-state index is 13.8. The summed E-state index contributed by atoms with van der Waals surface area (Å²) in [6.07, 6.45) is 1.43. The van der Waals surface area contributed by atoms with Crippen LogP contribution in [0.2, 0.25) is 0 Å². The Morgan fingerprint density at radius 2 is 2.24 bits per heavy atom. The minimum absolute atomic E-state index is 0.0285. The lowest BCUT2D eigenvalue weighted by Crippen LogP contribution is -2.02. The lowest BCUT2D eigenvalue weighted by atomic mass is 10.1. The Morgan fingerprint density at radius 1 is 1.38 bits per heavy atom. The molecule has 21 heavy (non-hydrogen) atoms. The minimum atomic E-state index is -0.549. The zero-order valence-corrected chi connectivity index (χ0v) is 12.7. The normalized spacial score (nSPS) is 12.7. The summed E-state index contributed by atoms with van der Waals surface area (Å²) < 4.78 is 25.8. The van der Waals surface area contributed by atoms with Crippen molar-refractivity contribution in [3.63, 3.8) is 0 Å². The van der Waals surface area contributed by atoms with Crippen LogP contribution in [0.5, 0.6) is 11.5 Å². The highest BCUT2D eigenvalue weighted by Crippen LogP contribution is 2.34. The number of ether oxygens (including phenoxy) is 2. The molecule has 3 nitrogen and oxygen atoms in total. The summed E-state index contributed by atoms with van der Waals surface area (Å²) in [5, 5.41) is 0. The Morgan fingerprint density at radius 3 is 3.05 bits per heavy atom. The lowest BCUT2D eigenvalue weighted by molar-refractivity contribution is 0.111. The molecule has 0 spiro atoms. The molecule has 0 saturated carbocycles. The zero-order valence-electron chi connectivity index (χ0n) is 11.1. The van der Waals surface area contributed by atoms with E-state index in [1.54, 1.807) is 0 Å². The highest BCUT2D eigenvalue weighted by molar-refractivity contribution is 9.10. The van der Waals surface area contributed by atoms with Crippen LogP contribution in [-0.2, 0) is 13.0 Å². The third-order valence-corrected chi connectivity index (χ3v) is 3.78. The Kier molecular flexibility index (Phi) is 3.92. The van der Waals surface area contributed by atoms with Gasteiger partial charge in [-0.3, -0.25) is 4.79 Å². The first-order valence-corrected chi connectivity index (χ1v) is 7.29. The van der Waals surface area contributed by atoms with Gasteiger partial charge in [-0.05, 0) is 29.8 Å². The van der Waals surface area contributed by atoms with Crippen LogP contribution in [0.25, 0.3) is 0 Å². The first-order chi connectivity index (χ1) is 10.2. The van der Waals surface area contributed by atoms with Gasteiger partial charge in [0.25, 0.3) is 0 Å². The van der Waals surface area contributed by atoms with Crippen LogP contribution >= 0.6 is 15.9 Å². The molecule has 3 rings (SSSR count). The first-order valence-electron chi connectivity index (χ1n) is 6.49. The molecule has 0 amide bonds. The van der Waals surface area contributed by atoms with Gasteiger partial charge in [0, 0.05) is 16.5 Å². The van der Waals surface area contributed by atoms with E-state index in [1.165, 1.54) is 18.2 Å². The Bertz CT molecular complexity index is 700. The first kappa shape index (κ1) is 14.1. The molecule has 0 bridgehead atoms. The van der Waals surface area contributed by atoms with Gasteiger partial charge in [-0.15, -0.1) is 0 Å². The number of benzene rings is 2. The van der Waals surface area contributed by atoms with Gasteiger partial charge in [0.1, 0.15) is 12.4 Å².